The van der Waals surface area contributed by atoms with Gasteiger partial charge in [0, 0.05) is 25.0 Å². The Morgan fingerprint density at radius 1 is 1.21 bits per heavy atom. The van der Waals surface area contributed by atoms with Crippen LogP contribution >= 0.6 is 7.37 Å². The smallest absolute Gasteiger partial charge is 0.247 e. The van der Waals surface area contributed by atoms with Gasteiger partial charge in [0.1, 0.15) is 0 Å². The minimum atomic E-state index is -3.14. The lowest BCUT2D eigenvalue weighted by Gasteiger charge is -2.32. The summed E-state index contributed by atoms with van der Waals surface area (Å²) >= 11 is 0. The molecule has 2 fully saturated rings. The van der Waals surface area contributed by atoms with Crippen molar-refractivity contribution in [1.29, 1.82) is 0 Å². The Bertz CT molecular complexity index is 613. The van der Waals surface area contributed by atoms with Gasteiger partial charge in [-0.05, 0) is 24.3 Å². The molecule has 0 aromatic carbocycles. The Hall–Kier alpha value is -0.940. The molecule has 0 bridgehead atoms. The highest BCUT2D eigenvalue weighted by Crippen LogP contribution is 2.46. The number of H-pyrrole nitrogens is 1. The quantitative estimate of drug-likeness (QED) is 0.706. The van der Waals surface area contributed by atoms with E-state index in [1.165, 1.54) is 25.3 Å². The molecule has 3 atom stereocenters. The Kier molecular flexibility index (Phi) is 5.93. The van der Waals surface area contributed by atoms with Crippen molar-refractivity contribution in [1.82, 2.24) is 10.3 Å². The van der Waals surface area contributed by atoms with Crippen LogP contribution in [0, 0.1) is 5.92 Å². The molecule has 1 aromatic heterocycles. The van der Waals surface area contributed by atoms with Crippen LogP contribution in [0.4, 0.5) is 0 Å². The van der Waals surface area contributed by atoms with Gasteiger partial charge in [0.25, 0.3) is 0 Å². The maximum absolute atomic E-state index is 12.5. The molecule has 3 N–H and O–H groups in total. The normalized spacial score (nSPS) is 28.4. The van der Waals surface area contributed by atoms with Crippen molar-refractivity contribution in [2.75, 3.05) is 25.5 Å². The van der Waals surface area contributed by atoms with Crippen LogP contribution in [0.25, 0.3) is 0 Å². The van der Waals surface area contributed by atoms with Gasteiger partial charge in [0.05, 0.1) is 24.9 Å². The van der Waals surface area contributed by atoms with Crippen molar-refractivity contribution in [3.8, 4) is 0 Å². The molecule has 0 spiro atoms. The summed E-state index contributed by atoms with van der Waals surface area (Å²) in [7, 11) is -3.14. The molecule has 24 heavy (non-hydrogen) atoms. The molecule has 1 aliphatic heterocycles. The van der Waals surface area contributed by atoms with Gasteiger partial charge in [-0.1, -0.05) is 25.3 Å². The van der Waals surface area contributed by atoms with Crippen molar-refractivity contribution in [3.63, 3.8) is 0 Å². The maximum Gasteiger partial charge on any atom is 0.247 e. The van der Waals surface area contributed by atoms with Crippen molar-refractivity contribution < 1.29 is 14.2 Å². The first-order chi connectivity index (χ1) is 11.5. The van der Waals surface area contributed by atoms with E-state index < -0.39 is 7.37 Å². The number of aromatic nitrogens is 1. The number of pyridine rings is 1. The van der Waals surface area contributed by atoms with Crippen LogP contribution in [-0.2, 0) is 9.30 Å². The number of hydrogen-bond donors (Lipinski definition) is 3. The van der Waals surface area contributed by atoms with E-state index in [9.17, 15) is 14.3 Å². The Labute approximate surface area is 142 Å². The summed E-state index contributed by atoms with van der Waals surface area (Å²) in [6, 6.07) is 3.28. The molecule has 2 heterocycles. The van der Waals surface area contributed by atoms with Crippen LogP contribution in [0.1, 0.15) is 43.7 Å². The second kappa shape index (κ2) is 7.96. The number of ether oxygens (including phenoxy) is 1. The molecule has 1 aromatic rings. The minimum Gasteiger partial charge on any atom is -0.374 e. The fourth-order valence-corrected chi connectivity index (χ4v) is 5.95. The van der Waals surface area contributed by atoms with Crippen molar-refractivity contribution in [3.05, 3.63) is 34.2 Å². The highest BCUT2D eigenvalue weighted by Gasteiger charge is 2.31. The van der Waals surface area contributed by atoms with Crippen LogP contribution in [0.5, 0.6) is 0 Å². The first-order valence-corrected chi connectivity index (χ1v) is 10.9. The summed E-state index contributed by atoms with van der Waals surface area (Å²) in [4.78, 5) is 24.1. The average Bonchev–Trinajstić information content (AvgIpc) is 2.56. The van der Waals surface area contributed by atoms with Crippen molar-refractivity contribution in [2.45, 2.75) is 44.2 Å². The lowest BCUT2D eigenvalue weighted by atomic mass is 9.91. The van der Waals surface area contributed by atoms with Crippen molar-refractivity contribution in [2.24, 2.45) is 5.92 Å². The molecule has 134 valence electrons. The van der Waals surface area contributed by atoms with Crippen LogP contribution in [0.15, 0.2) is 23.1 Å². The fourth-order valence-electron chi connectivity index (χ4n) is 3.76. The van der Waals surface area contributed by atoms with Crippen molar-refractivity contribution >= 4 is 7.37 Å². The van der Waals surface area contributed by atoms with Crippen LogP contribution in [-0.4, -0.2) is 41.5 Å². The molecule has 7 heteroatoms. The molecule has 6 nitrogen and oxygen atoms in total. The largest absolute Gasteiger partial charge is 0.374 e. The van der Waals surface area contributed by atoms with Gasteiger partial charge in [-0.2, -0.15) is 0 Å². The van der Waals surface area contributed by atoms with Gasteiger partial charge in [-0.25, -0.2) is 0 Å². The van der Waals surface area contributed by atoms with E-state index in [-0.39, 0.29) is 23.9 Å². The average molecular weight is 354 g/mol. The highest BCUT2D eigenvalue weighted by molar-refractivity contribution is 7.58. The highest BCUT2D eigenvalue weighted by atomic mass is 31.2. The first kappa shape index (κ1) is 17.9. The number of morpholine rings is 1. The molecule has 1 saturated carbocycles. The standard InChI is InChI=1S/C17H27N2O4P/c20-17-7-6-14(8-19-17)16-10-23-15(9-18-16)12-24(21,22)11-13-4-2-1-3-5-13/h6-8,13,15-16,18H,1-5,9-12H2,(H,19,20)(H,21,22)/t15-,16+/m1/s1. The molecule has 1 aliphatic carbocycles. The Balaban J connectivity index is 1.48. The molecule has 0 amide bonds. The van der Waals surface area contributed by atoms with Crippen LogP contribution < -0.4 is 10.9 Å². The fraction of sp³-hybridized carbons (Fsp3) is 0.706. The number of aromatic amines is 1. The number of rotatable bonds is 5. The predicted molar refractivity (Wildman–Crippen MR) is 93.7 cm³/mol. The number of nitrogens with one attached hydrogen (secondary N) is 2. The molecule has 0 radical (unpaired) electrons. The SMILES string of the molecule is O=c1ccc([C@@H]2CO[C@@H](CP(=O)(O)CC3CCCCC3)CN2)c[nH]1. The van der Waals surface area contributed by atoms with E-state index in [0.29, 0.717) is 25.2 Å². The van der Waals surface area contributed by atoms with Gasteiger partial charge in [0.15, 0.2) is 0 Å². The lowest BCUT2D eigenvalue weighted by Crippen LogP contribution is -2.43. The van der Waals surface area contributed by atoms with Crippen LogP contribution in [0.2, 0.25) is 0 Å². The van der Waals surface area contributed by atoms with Crippen LogP contribution in [0.3, 0.4) is 0 Å². The Morgan fingerprint density at radius 2 is 2.00 bits per heavy atom. The zero-order valence-corrected chi connectivity index (χ0v) is 14.8. The Morgan fingerprint density at radius 3 is 2.62 bits per heavy atom. The lowest BCUT2D eigenvalue weighted by molar-refractivity contribution is 0.0155. The third-order valence-corrected chi connectivity index (χ3v) is 7.12. The zero-order chi connectivity index (χ0) is 17.0. The number of hydrogen-bond acceptors (Lipinski definition) is 4. The van der Waals surface area contributed by atoms with E-state index in [1.54, 1.807) is 12.3 Å². The summed E-state index contributed by atoms with van der Waals surface area (Å²) in [6.45, 7) is 0.999. The first-order valence-electron chi connectivity index (χ1n) is 8.86. The second-order valence-corrected chi connectivity index (χ2v) is 9.54. The molecular weight excluding hydrogens is 327 g/mol. The summed E-state index contributed by atoms with van der Waals surface area (Å²) in [5.74, 6) is 0.403. The van der Waals surface area contributed by atoms with E-state index in [4.69, 9.17) is 4.74 Å². The van der Waals surface area contributed by atoms with Gasteiger partial charge in [-0.15, -0.1) is 0 Å². The molecule has 1 saturated heterocycles. The second-order valence-electron chi connectivity index (χ2n) is 7.12. The molecule has 2 aliphatic rings. The van der Waals surface area contributed by atoms with Gasteiger partial charge in [0.2, 0.25) is 12.9 Å². The van der Waals surface area contributed by atoms with E-state index in [1.807, 2.05) is 0 Å². The maximum atomic E-state index is 12.5. The van der Waals surface area contributed by atoms with E-state index >= 15 is 0 Å². The monoisotopic (exact) mass is 354 g/mol. The molecular formula is C17H27N2O4P. The van der Waals surface area contributed by atoms with E-state index in [2.05, 4.69) is 10.3 Å². The van der Waals surface area contributed by atoms with E-state index in [0.717, 1.165) is 18.4 Å². The van der Waals surface area contributed by atoms with Gasteiger partial charge >= 0.3 is 0 Å². The predicted octanol–water partition coefficient (Wildman–Crippen LogP) is 2.26. The van der Waals surface area contributed by atoms with Gasteiger partial charge < -0.3 is 19.9 Å². The topological polar surface area (TPSA) is 91.4 Å². The summed E-state index contributed by atoms with van der Waals surface area (Å²) in [6.07, 6.45) is 7.94. The van der Waals surface area contributed by atoms with Gasteiger partial charge in [-0.3, -0.25) is 9.36 Å². The molecule has 3 rings (SSSR count). The third kappa shape index (κ3) is 5.03. The summed E-state index contributed by atoms with van der Waals surface area (Å²) in [5, 5.41) is 3.35. The third-order valence-electron chi connectivity index (χ3n) is 5.06. The summed E-state index contributed by atoms with van der Waals surface area (Å²) in [5.41, 5.74) is 0.833. The molecule has 1 unspecified atom stereocenters. The minimum absolute atomic E-state index is 0.00882. The summed E-state index contributed by atoms with van der Waals surface area (Å²) < 4.78 is 18.4. The zero-order valence-electron chi connectivity index (χ0n) is 13.9.